The highest BCUT2D eigenvalue weighted by Gasteiger charge is 2.37. The van der Waals surface area contributed by atoms with Crippen LogP contribution in [0.4, 0.5) is 0 Å². The van der Waals surface area contributed by atoms with E-state index in [4.69, 9.17) is 4.52 Å². The average molecular weight is 311 g/mol. The fraction of sp³-hybridized carbons (Fsp3) is 0.643. The molecule has 0 radical (unpaired) electrons. The molecule has 7 heteroatoms. The van der Waals surface area contributed by atoms with E-state index in [1.807, 2.05) is 19.9 Å². The van der Waals surface area contributed by atoms with Crippen LogP contribution in [0.1, 0.15) is 38.6 Å². The van der Waals surface area contributed by atoms with E-state index < -0.39 is 10.8 Å². The number of aromatic nitrogens is 1. The van der Waals surface area contributed by atoms with Gasteiger partial charge in [0.05, 0.1) is 17.0 Å². The highest BCUT2D eigenvalue weighted by Crippen LogP contribution is 2.28. The van der Waals surface area contributed by atoms with E-state index in [9.17, 15) is 9.59 Å². The van der Waals surface area contributed by atoms with Crippen molar-refractivity contribution in [3.05, 3.63) is 17.5 Å². The summed E-state index contributed by atoms with van der Waals surface area (Å²) in [4.78, 5) is 23.9. The molecule has 1 fully saturated rings. The highest BCUT2D eigenvalue weighted by molar-refractivity contribution is 8.01. The first-order chi connectivity index (χ1) is 9.92. The second-order valence-corrected chi connectivity index (χ2v) is 7.24. The standard InChI is InChI=1S/C14H21N3O3S/c1-4-5-9-6-10(20-17-9)7-15-12(18)11-8-21-14(2,3)13(19)16-11/h6,11H,4-5,7-8H2,1-3H3,(H,15,18)(H,16,19)/t11-/m0/s1. The molecule has 2 rings (SSSR count). The third-order valence-corrected chi connectivity index (χ3v) is 4.74. The summed E-state index contributed by atoms with van der Waals surface area (Å²) in [6.45, 7) is 6.06. The second-order valence-electron chi connectivity index (χ2n) is 5.60. The Balaban J connectivity index is 1.83. The van der Waals surface area contributed by atoms with Crippen LogP contribution in [-0.4, -0.2) is 33.5 Å². The molecule has 0 aromatic carbocycles. The third kappa shape index (κ3) is 4.00. The second kappa shape index (κ2) is 6.51. The van der Waals surface area contributed by atoms with Gasteiger partial charge in [0.25, 0.3) is 0 Å². The third-order valence-electron chi connectivity index (χ3n) is 3.33. The number of nitrogens with one attached hydrogen (secondary N) is 2. The topological polar surface area (TPSA) is 84.2 Å². The van der Waals surface area contributed by atoms with Crippen molar-refractivity contribution in [2.75, 3.05) is 5.75 Å². The molecule has 0 saturated carbocycles. The van der Waals surface area contributed by atoms with Crippen molar-refractivity contribution < 1.29 is 14.1 Å². The number of hydrogen-bond acceptors (Lipinski definition) is 5. The number of rotatable bonds is 5. The lowest BCUT2D eigenvalue weighted by atomic mass is 10.1. The summed E-state index contributed by atoms with van der Waals surface area (Å²) in [5.41, 5.74) is 0.894. The molecule has 6 nitrogen and oxygen atoms in total. The monoisotopic (exact) mass is 311 g/mol. The van der Waals surface area contributed by atoms with Gasteiger partial charge in [0.15, 0.2) is 5.76 Å². The summed E-state index contributed by atoms with van der Waals surface area (Å²) in [5.74, 6) is 0.896. The lowest BCUT2D eigenvalue weighted by Crippen LogP contribution is -2.56. The summed E-state index contributed by atoms with van der Waals surface area (Å²) in [6.07, 6.45) is 1.86. The molecule has 1 saturated heterocycles. The molecular weight excluding hydrogens is 290 g/mol. The molecule has 2 amide bonds. The average Bonchev–Trinajstić information content (AvgIpc) is 2.87. The number of carbonyl (C=O) groups is 2. The fourth-order valence-corrected chi connectivity index (χ4v) is 2.99. The molecule has 21 heavy (non-hydrogen) atoms. The Hall–Kier alpha value is -1.50. The maximum atomic E-state index is 12.1. The Kier molecular flexibility index (Phi) is 4.92. The molecule has 2 N–H and O–H groups in total. The highest BCUT2D eigenvalue weighted by atomic mass is 32.2. The number of hydrogen-bond donors (Lipinski definition) is 2. The van der Waals surface area contributed by atoms with Gasteiger partial charge in [-0.3, -0.25) is 9.59 Å². The number of thioether (sulfide) groups is 1. The molecule has 0 spiro atoms. The van der Waals surface area contributed by atoms with Crippen LogP contribution in [0.25, 0.3) is 0 Å². The van der Waals surface area contributed by atoms with Crippen molar-refractivity contribution in [3.63, 3.8) is 0 Å². The largest absolute Gasteiger partial charge is 0.359 e. The van der Waals surface area contributed by atoms with Gasteiger partial charge < -0.3 is 15.2 Å². The van der Waals surface area contributed by atoms with Crippen LogP contribution in [0, 0.1) is 0 Å². The smallest absolute Gasteiger partial charge is 0.243 e. The van der Waals surface area contributed by atoms with Crippen molar-refractivity contribution >= 4 is 23.6 Å². The van der Waals surface area contributed by atoms with Gasteiger partial charge in [-0.05, 0) is 20.3 Å². The zero-order valence-electron chi connectivity index (χ0n) is 12.6. The van der Waals surface area contributed by atoms with Crippen LogP contribution in [0.3, 0.4) is 0 Å². The first-order valence-corrected chi connectivity index (χ1v) is 8.08. The molecule has 1 aliphatic rings. The molecule has 1 aromatic rings. The predicted molar refractivity (Wildman–Crippen MR) is 80.8 cm³/mol. The Morgan fingerprint density at radius 2 is 2.38 bits per heavy atom. The van der Waals surface area contributed by atoms with Gasteiger partial charge in [0, 0.05) is 11.8 Å². The van der Waals surface area contributed by atoms with Crippen molar-refractivity contribution in [3.8, 4) is 0 Å². The van der Waals surface area contributed by atoms with Crippen LogP contribution in [-0.2, 0) is 22.6 Å². The van der Waals surface area contributed by atoms with E-state index in [0.29, 0.717) is 11.5 Å². The van der Waals surface area contributed by atoms with E-state index in [1.165, 1.54) is 11.8 Å². The minimum atomic E-state index is -0.492. The van der Waals surface area contributed by atoms with Gasteiger partial charge in [-0.1, -0.05) is 18.5 Å². The molecule has 116 valence electrons. The first kappa shape index (κ1) is 15.9. The molecule has 1 atom stereocenters. The van der Waals surface area contributed by atoms with Crippen molar-refractivity contribution in [1.82, 2.24) is 15.8 Å². The van der Waals surface area contributed by atoms with Gasteiger partial charge in [0.1, 0.15) is 6.04 Å². The van der Waals surface area contributed by atoms with Crippen LogP contribution in [0.5, 0.6) is 0 Å². The van der Waals surface area contributed by atoms with E-state index in [2.05, 4.69) is 22.7 Å². The quantitative estimate of drug-likeness (QED) is 0.855. The van der Waals surface area contributed by atoms with Crippen LogP contribution >= 0.6 is 11.8 Å². The van der Waals surface area contributed by atoms with Crippen LogP contribution < -0.4 is 10.6 Å². The van der Waals surface area contributed by atoms with Crippen LogP contribution in [0.15, 0.2) is 10.6 Å². The SMILES string of the molecule is CCCc1cc(CNC(=O)[C@@H]2CSC(C)(C)C(=O)N2)on1. The van der Waals surface area contributed by atoms with Crippen molar-refractivity contribution in [2.45, 2.75) is 50.9 Å². The summed E-state index contributed by atoms with van der Waals surface area (Å²) < 4.78 is 4.68. The normalized spacial score (nSPS) is 20.9. The maximum Gasteiger partial charge on any atom is 0.243 e. The van der Waals surface area contributed by atoms with E-state index >= 15 is 0 Å². The number of carbonyl (C=O) groups excluding carboxylic acids is 2. The summed E-state index contributed by atoms with van der Waals surface area (Å²) >= 11 is 1.49. The van der Waals surface area contributed by atoms with Gasteiger partial charge in [-0.15, -0.1) is 11.8 Å². The fourth-order valence-electron chi connectivity index (χ4n) is 1.98. The summed E-state index contributed by atoms with van der Waals surface area (Å²) in [7, 11) is 0. The lowest BCUT2D eigenvalue weighted by molar-refractivity contribution is -0.129. The Bertz CT molecular complexity index is 527. The van der Waals surface area contributed by atoms with E-state index in [1.54, 1.807) is 0 Å². The zero-order valence-corrected chi connectivity index (χ0v) is 13.4. The Labute approximate surface area is 128 Å². The molecule has 1 aliphatic heterocycles. The molecule has 0 unspecified atom stereocenters. The van der Waals surface area contributed by atoms with Crippen molar-refractivity contribution in [1.29, 1.82) is 0 Å². The Morgan fingerprint density at radius 1 is 1.62 bits per heavy atom. The predicted octanol–water partition coefficient (Wildman–Crippen LogP) is 1.25. The van der Waals surface area contributed by atoms with Crippen molar-refractivity contribution in [2.24, 2.45) is 0 Å². The molecule has 2 heterocycles. The Morgan fingerprint density at radius 3 is 3.05 bits per heavy atom. The number of aryl methyl sites for hydroxylation is 1. The van der Waals surface area contributed by atoms with Crippen LogP contribution in [0.2, 0.25) is 0 Å². The number of nitrogens with zero attached hydrogens (tertiary/aromatic N) is 1. The lowest BCUT2D eigenvalue weighted by Gasteiger charge is -2.32. The molecule has 0 bridgehead atoms. The van der Waals surface area contributed by atoms with Gasteiger partial charge in [-0.25, -0.2) is 0 Å². The minimum absolute atomic E-state index is 0.108. The molecule has 0 aliphatic carbocycles. The van der Waals surface area contributed by atoms with Gasteiger partial charge >= 0.3 is 0 Å². The van der Waals surface area contributed by atoms with E-state index in [-0.39, 0.29) is 18.4 Å². The first-order valence-electron chi connectivity index (χ1n) is 7.09. The summed E-state index contributed by atoms with van der Waals surface area (Å²) in [6, 6.07) is 1.36. The molecular formula is C14H21N3O3S. The summed E-state index contributed by atoms with van der Waals surface area (Å²) in [5, 5.41) is 9.45. The minimum Gasteiger partial charge on any atom is -0.359 e. The van der Waals surface area contributed by atoms with Gasteiger partial charge in [-0.2, -0.15) is 0 Å². The molecule has 1 aromatic heterocycles. The zero-order chi connectivity index (χ0) is 15.5. The van der Waals surface area contributed by atoms with E-state index in [0.717, 1.165) is 18.5 Å². The number of amides is 2. The maximum absolute atomic E-state index is 12.1. The van der Waals surface area contributed by atoms with Gasteiger partial charge in [0.2, 0.25) is 11.8 Å².